The van der Waals surface area contributed by atoms with E-state index in [0.717, 1.165) is 5.56 Å². The number of likely N-dealkylation sites (N-methyl/N-ethyl adjacent to an activating group) is 1. The molecule has 15 nitrogen and oxygen atoms in total. The SMILES string of the molecule is CN(C(=O)[C@@]12C[C@H]3OC(=O)[C@@H]1N(Cc1ccc(C=CC(=O)O[C@H]4C(=O)OCC4(C)C)cc1)O[C@@H]2[C@H]1OC(c2ccccc2)(c2ccccc2)O[C@H]13)[C@H](Cc1ccccc1)C(=O)NCCO. The van der Waals surface area contributed by atoms with Gasteiger partial charge < -0.3 is 39.0 Å². The van der Waals surface area contributed by atoms with Crippen molar-refractivity contribution in [3.63, 3.8) is 0 Å². The van der Waals surface area contributed by atoms with Crippen LogP contribution in [0.5, 0.6) is 0 Å². The number of hydroxylamine groups is 2. The average Bonchev–Trinajstić information content (AvgIpc) is 3.98. The first kappa shape index (κ1) is 44.0. The Labute approximate surface area is 376 Å². The van der Waals surface area contributed by atoms with E-state index in [0.29, 0.717) is 22.3 Å². The number of rotatable bonds is 14. The average molecular weight is 886 g/mol. The minimum absolute atomic E-state index is 0.0161. The Morgan fingerprint density at radius 2 is 1.49 bits per heavy atom. The lowest BCUT2D eigenvalue weighted by Gasteiger charge is -2.50. The number of hydrogen-bond donors (Lipinski definition) is 2. The third-order valence-corrected chi connectivity index (χ3v) is 13.1. The zero-order valence-corrected chi connectivity index (χ0v) is 36.2. The van der Waals surface area contributed by atoms with Gasteiger partial charge in [-0.1, -0.05) is 129 Å². The van der Waals surface area contributed by atoms with E-state index in [9.17, 15) is 24.3 Å². The second-order valence-corrected chi connectivity index (χ2v) is 17.9. The Balaban J connectivity index is 1.06. The molecular weight excluding hydrogens is 835 g/mol. The highest BCUT2D eigenvalue weighted by Gasteiger charge is 2.77. The van der Waals surface area contributed by atoms with Crippen LogP contribution in [0.25, 0.3) is 6.08 Å². The minimum Gasteiger partial charge on any atom is -0.462 e. The summed E-state index contributed by atoms with van der Waals surface area (Å²) in [5, 5.41) is 13.8. The fourth-order valence-corrected chi connectivity index (χ4v) is 9.85. The van der Waals surface area contributed by atoms with Gasteiger partial charge in [-0.3, -0.25) is 19.2 Å². The molecule has 0 spiro atoms. The van der Waals surface area contributed by atoms with E-state index in [-0.39, 0.29) is 39.1 Å². The van der Waals surface area contributed by atoms with Gasteiger partial charge in [-0.15, -0.1) is 0 Å². The zero-order chi connectivity index (χ0) is 45.5. The Kier molecular flexibility index (Phi) is 11.9. The molecule has 5 aliphatic rings. The lowest BCUT2D eigenvalue weighted by molar-refractivity contribution is -0.214. The first-order valence-corrected chi connectivity index (χ1v) is 21.8. The van der Waals surface area contributed by atoms with Gasteiger partial charge in [0.2, 0.25) is 23.7 Å². The molecule has 2 bridgehead atoms. The van der Waals surface area contributed by atoms with Crippen LogP contribution in [-0.2, 0) is 71.2 Å². The first-order chi connectivity index (χ1) is 31.3. The Hall–Kier alpha value is -6.23. The van der Waals surface area contributed by atoms with Crippen molar-refractivity contribution in [3.05, 3.63) is 149 Å². The zero-order valence-electron chi connectivity index (χ0n) is 36.2. The van der Waals surface area contributed by atoms with E-state index in [1.807, 2.05) is 91.0 Å². The summed E-state index contributed by atoms with van der Waals surface area (Å²) < 4.78 is 30.9. The third-order valence-electron chi connectivity index (χ3n) is 13.1. The molecule has 0 unspecified atom stereocenters. The van der Waals surface area contributed by atoms with Crippen LogP contribution in [0, 0.1) is 10.8 Å². The highest BCUT2D eigenvalue weighted by Crippen LogP contribution is 2.59. The van der Waals surface area contributed by atoms with Crippen LogP contribution in [-0.4, -0.2) is 114 Å². The number of aliphatic hydroxyl groups is 1. The van der Waals surface area contributed by atoms with Gasteiger partial charge in [0.15, 0.2) is 6.04 Å². The molecule has 2 amide bonds. The summed E-state index contributed by atoms with van der Waals surface area (Å²) >= 11 is 0. The number of amides is 2. The van der Waals surface area contributed by atoms with Gasteiger partial charge in [-0.2, -0.15) is 5.06 Å². The smallest absolute Gasteiger partial charge is 0.348 e. The number of cyclic esters (lactones) is 1. The van der Waals surface area contributed by atoms with E-state index >= 15 is 4.79 Å². The molecule has 1 aliphatic carbocycles. The first-order valence-electron chi connectivity index (χ1n) is 21.8. The van der Waals surface area contributed by atoms with Gasteiger partial charge in [0.25, 0.3) is 0 Å². The standard InChI is InChI=1S/C50H51N3O12/c1-48(2)30-60-46(58)43(48)62-38(55)24-23-31-19-21-33(22-20-31)29-53-41-45(57)61-37-28-49(41,47(59)52(3)36(44(56)51-25-26-54)27-32-13-7-4-8-14-32)42(65-53)40-39(37)63-50(64-40,34-15-9-5-10-16-34)35-17-11-6-12-18-35/h4-24,36-37,39-43,54H,25-30H2,1-3H3,(H,51,56)/t36-,37-,39+,40+,41+,42-,43+,49+/m1/s1. The summed E-state index contributed by atoms with van der Waals surface area (Å²) in [7, 11) is 1.56. The molecule has 5 fully saturated rings. The second-order valence-electron chi connectivity index (χ2n) is 17.9. The molecule has 2 N–H and O–H groups in total. The van der Waals surface area contributed by atoms with E-state index in [4.69, 9.17) is 28.5 Å². The maximum absolute atomic E-state index is 15.7. The number of ether oxygens (including phenoxy) is 5. The Morgan fingerprint density at radius 1 is 0.862 bits per heavy atom. The summed E-state index contributed by atoms with van der Waals surface area (Å²) in [5.41, 5.74) is 1.30. The molecule has 65 heavy (non-hydrogen) atoms. The van der Waals surface area contributed by atoms with Crippen LogP contribution in [0.15, 0.2) is 121 Å². The molecule has 4 saturated heterocycles. The van der Waals surface area contributed by atoms with E-state index in [1.165, 1.54) is 16.0 Å². The molecule has 9 rings (SSSR count). The fraction of sp³-hybridized carbons (Fsp3) is 0.380. The van der Waals surface area contributed by atoms with Gasteiger partial charge in [0, 0.05) is 49.1 Å². The number of aliphatic hydroxyl groups excluding tert-OH is 1. The van der Waals surface area contributed by atoms with Crippen LogP contribution < -0.4 is 5.32 Å². The van der Waals surface area contributed by atoms with Gasteiger partial charge in [0.05, 0.1) is 13.2 Å². The Morgan fingerprint density at radius 3 is 2.11 bits per heavy atom. The van der Waals surface area contributed by atoms with Crippen LogP contribution in [0.4, 0.5) is 0 Å². The van der Waals surface area contributed by atoms with Crippen LogP contribution in [0.2, 0.25) is 0 Å². The van der Waals surface area contributed by atoms with Crippen molar-refractivity contribution < 1.29 is 57.6 Å². The van der Waals surface area contributed by atoms with Gasteiger partial charge >= 0.3 is 17.9 Å². The molecular formula is C50H51N3O12. The molecule has 338 valence electrons. The Bertz CT molecular complexity index is 2410. The van der Waals surface area contributed by atoms with Crippen molar-refractivity contribution in [2.45, 2.75) is 81.6 Å². The van der Waals surface area contributed by atoms with Crippen LogP contribution in [0.1, 0.15) is 48.1 Å². The second kappa shape index (κ2) is 17.6. The highest BCUT2D eigenvalue weighted by atomic mass is 16.8. The molecule has 0 aromatic heterocycles. The maximum Gasteiger partial charge on any atom is 0.348 e. The number of nitrogens with one attached hydrogen (secondary N) is 1. The molecule has 15 heteroatoms. The summed E-state index contributed by atoms with van der Waals surface area (Å²) in [6, 6.07) is 33.1. The summed E-state index contributed by atoms with van der Waals surface area (Å²) in [6.07, 6.45) is -1.83. The van der Waals surface area contributed by atoms with Crippen molar-refractivity contribution >= 4 is 35.8 Å². The normalized spacial score (nSPS) is 27.6. The molecule has 4 aromatic carbocycles. The van der Waals surface area contributed by atoms with Crippen molar-refractivity contribution in [1.82, 2.24) is 15.3 Å². The molecule has 1 saturated carbocycles. The lowest BCUT2D eigenvalue weighted by atomic mass is 9.62. The number of esters is 3. The fourth-order valence-electron chi connectivity index (χ4n) is 9.85. The van der Waals surface area contributed by atoms with Crippen molar-refractivity contribution in [2.24, 2.45) is 10.8 Å². The lowest BCUT2D eigenvalue weighted by Crippen LogP contribution is -2.70. The van der Waals surface area contributed by atoms with Crippen molar-refractivity contribution in [2.75, 3.05) is 26.8 Å². The molecule has 8 atom stereocenters. The predicted molar refractivity (Wildman–Crippen MR) is 231 cm³/mol. The van der Waals surface area contributed by atoms with Gasteiger partial charge in [-0.25, -0.2) is 9.59 Å². The number of carbonyl (C=O) groups excluding carboxylic acids is 5. The molecule has 4 aliphatic heterocycles. The predicted octanol–water partition coefficient (Wildman–Crippen LogP) is 3.86. The largest absolute Gasteiger partial charge is 0.462 e. The van der Waals surface area contributed by atoms with Crippen molar-refractivity contribution in [1.29, 1.82) is 0 Å². The van der Waals surface area contributed by atoms with Gasteiger partial charge in [-0.05, 0) is 22.8 Å². The number of benzene rings is 4. The summed E-state index contributed by atoms with van der Waals surface area (Å²) in [4.78, 5) is 77.3. The van der Waals surface area contributed by atoms with Crippen LogP contribution >= 0.6 is 0 Å². The van der Waals surface area contributed by atoms with E-state index < -0.39 is 88.9 Å². The van der Waals surface area contributed by atoms with E-state index in [1.54, 1.807) is 51.2 Å². The quantitative estimate of drug-likeness (QED) is 0.106. The third kappa shape index (κ3) is 8.01. The monoisotopic (exact) mass is 885 g/mol. The number of fused-ring (bicyclic) bond motifs is 4. The molecule has 0 radical (unpaired) electrons. The van der Waals surface area contributed by atoms with Crippen LogP contribution in [0.3, 0.4) is 0 Å². The highest BCUT2D eigenvalue weighted by molar-refractivity contribution is 5.96. The minimum atomic E-state index is -1.61. The molecule has 4 heterocycles. The number of hydrogen-bond acceptors (Lipinski definition) is 13. The number of nitrogens with zero attached hydrogens (tertiary/aromatic N) is 2. The van der Waals surface area contributed by atoms with Gasteiger partial charge in [0.1, 0.15) is 42.5 Å². The number of carbonyl (C=O) groups is 5. The molecule has 4 aromatic rings. The summed E-state index contributed by atoms with van der Waals surface area (Å²) in [6.45, 7) is 3.46. The topological polar surface area (TPSA) is 179 Å². The van der Waals surface area contributed by atoms with E-state index in [2.05, 4.69) is 5.32 Å². The summed E-state index contributed by atoms with van der Waals surface area (Å²) in [5.74, 6) is -4.38. The maximum atomic E-state index is 15.7. The van der Waals surface area contributed by atoms with Crippen molar-refractivity contribution in [3.8, 4) is 0 Å².